The Labute approximate surface area is 260 Å². The fourth-order valence-electron chi connectivity index (χ4n) is 8.88. The quantitative estimate of drug-likeness (QED) is 0.298. The zero-order chi connectivity index (χ0) is 30.3. The van der Waals surface area contributed by atoms with Gasteiger partial charge in [-0.3, -0.25) is 9.88 Å². The van der Waals surface area contributed by atoms with Crippen molar-refractivity contribution in [1.82, 2.24) is 19.9 Å². The third-order valence-electron chi connectivity index (χ3n) is 11.1. The van der Waals surface area contributed by atoms with E-state index in [1.54, 1.807) is 18.3 Å². The van der Waals surface area contributed by atoms with Crippen molar-refractivity contribution in [2.24, 2.45) is 0 Å². The number of phenols is 1. The number of alkyl halides is 1. The maximum absolute atomic E-state index is 16.9. The van der Waals surface area contributed by atoms with Gasteiger partial charge in [0.1, 0.15) is 35.6 Å². The van der Waals surface area contributed by atoms with Crippen LogP contribution in [0.1, 0.15) is 56.1 Å². The molecule has 45 heavy (non-hydrogen) atoms. The number of benzene rings is 2. The zero-order valence-corrected chi connectivity index (χ0v) is 25.3. The van der Waals surface area contributed by atoms with E-state index in [1.165, 1.54) is 11.1 Å². The Kier molecular flexibility index (Phi) is 6.26. The molecule has 4 aromatic rings. The highest BCUT2D eigenvalue weighted by Crippen LogP contribution is 2.44. The van der Waals surface area contributed by atoms with Crippen molar-refractivity contribution in [2.75, 3.05) is 44.3 Å². The van der Waals surface area contributed by atoms with Crippen LogP contribution in [0.2, 0.25) is 0 Å². The molecule has 4 aliphatic heterocycles. The standard InChI is InChI=1S/C35H37F2N5O3/c36-23-16-34(8-2-12-42(34)18-23)20-44-33-39-31-27(32(40-33)41-11-3-9-35(19-41)10-13-45-35)17-38-30(29(31)37)26-15-24(43)14-22-7-6-21-4-1-5-25(21)28(22)26/h6-7,14-15,17,23,43H,1-5,8-13,16,18-20H2/t23-,34+,35?/m1/s1. The fourth-order valence-corrected chi connectivity index (χ4v) is 8.88. The fraction of sp³-hybridized carbons (Fsp3) is 0.514. The second kappa shape index (κ2) is 10.2. The Bertz CT molecular complexity index is 1850. The minimum Gasteiger partial charge on any atom is -0.508 e. The minimum absolute atomic E-state index is 0.0614. The number of nitrogens with zero attached hydrogens (tertiary/aromatic N) is 5. The van der Waals surface area contributed by atoms with E-state index < -0.39 is 12.0 Å². The molecule has 5 aliphatic rings. The molecule has 6 heterocycles. The topological polar surface area (TPSA) is 83.8 Å². The number of ether oxygens (including phenoxy) is 2. The van der Waals surface area contributed by atoms with E-state index in [9.17, 15) is 9.50 Å². The van der Waals surface area contributed by atoms with Crippen LogP contribution >= 0.6 is 0 Å². The number of anilines is 1. The van der Waals surface area contributed by atoms with Crippen LogP contribution in [-0.2, 0) is 17.6 Å². The summed E-state index contributed by atoms with van der Waals surface area (Å²) in [7, 11) is 0. The first-order chi connectivity index (χ1) is 21.9. The SMILES string of the molecule is Oc1cc(-c2ncc3c(N4CCCC5(CCO5)C4)nc(OC[C@@]45CCCN4C[C@H](F)C5)nc3c2F)c2c3c(ccc2c1)CCC3. The van der Waals surface area contributed by atoms with Crippen molar-refractivity contribution in [1.29, 1.82) is 0 Å². The van der Waals surface area contributed by atoms with Crippen LogP contribution in [0.3, 0.4) is 0 Å². The Hall–Kier alpha value is -3.63. The first-order valence-electron chi connectivity index (χ1n) is 16.5. The lowest BCUT2D eigenvalue weighted by molar-refractivity contribution is -0.151. The minimum atomic E-state index is -0.876. The van der Waals surface area contributed by atoms with Crippen molar-refractivity contribution in [3.05, 3.63) is 47.4 Å². The first-order valence-corrected chi connectivity index (χ1v) is 16.5. The molecule has 10 heteroatoms. The third kappa shape index (κ3) is 4.39. The number of hydrogen-bond donors (Lipinski definition) is 1. The Morgan fingerprint density at radius 2 is 1.96 bits per heavy atom. The van der Waals surface area contributed by atoms with Gasteiger partial charge in [-0.05, 0) is 85.5 Å². The van der Waals surface area contributed by atoms with Crippen molar-refractivity contribution in [3.8, 4) is 23.0 Å². The Morgan fingerprint density at radius 1 is 1.07 bits per heavy atom. The van der Waals surface area contributed by atoms with Crippen LogP contribution in [0, 0.1) is 5.82 Å². The van der Waals surface area contributed by atoms with Crippen molar-refractivity contribution >= 4 is 27.5 Å². The van der Waals surface area contributed by atoms with Gasteiger partial charge in [-0.15, -0.1) is 0 Å². The average Bonchev–Trinajstić information content (AvgIpc) is 3.73. The molecule has 0 bridgehead atoms. The predicted octanol–water partition coefficient (Wildman–Crippen LogP) is 5.89. The van der Waals surface area contributed by atoms with Gasteiger partial charge in [0.25, 0.3) is 0 Å². The van der Waals surface area contributed by atoms with Gasteiger partial charge in [0.05, 0.1) is 23.1 Å². The number of fused-ring (bicyclic) bond motifs is 5. The second-order valence-corrected chi connectivity index (χ2v) is 13.8. The van der Waals surface area contributed by atoms with Crippen LogP contribution in [0.25, 0.3) is 32.9 Å². The van der Waals surface area contributed by atoms with E-state index >= 15 is 4.39 Å². The summed E-state index contributed by atoms with van der Waals surface area (Å²) in [6.45, 7) is 3.70. The van der Waals surface area contributed by atoms with Gasteiger partial charge >= 0.3 is 6.01 Å². The van der Waals surface area contributed by atoms with Gasteiger partial charge in [0, 0.05) is 44.2 Å². The number of phenolic OH excluding ortho intramolecular Hbond substituents is 1. The van der Waals surface area contributed by atoms with E-state index in [0.29, 0.717) is 36.3 Å². The average molecular weight is 614 g/mol. The molecule has 1 aliphatic carbocycles. The lowest BCUT2D eigenvalue weighted by atomic mass is 9.86. The van der Waals surface area contributed by atoms with E-state index in [2.05, 4.69) is 20.9 Å². The molecule has 8 nitrogen and oxygen atoms in total. The highest BCUT2D eigenvalue weighted by atomic mass is 19.1. The largest absolute Gasteiger partial charge is 0.508 e. The lowest BCUT2D eigenvalue weighted by Gasteiger charge is -2.48. The predicted molar refractivity (Wildman–Crippen MR) is 167 cm³/mol. The van der Waals surface area contributed by atoms with E-state index in [-0.39, 0.29) is 40.7 Å². The maximum Gasteiger partial charge on any atom is 0.319 e. The molecule has 3 atom stereocenters. The summed E-state index contributed by atoms with van der Waals surface area (Å²) < 4.78 is 43.8. The molecule has 234 valence electrons. The summed E-state index contributed by atoms with van der Waals surface area (Å²) in [6.07, 6.45) is 8.93. The third-order valence-corrected chi connectivity index (χ3v) is 11.1. The monoisotopic (exact) mass is 613 g/mol. The lowest BCUT2D eigenvalue weighted by Crippen LogP contribution is -2.56. The molecule has 1 unspecified atom stereocenters. The number of piperidine rings is 1. The van der Waals surface area contributed by atoms with E-state index in [0.717, 1.165) is 81.8 Å². The molecule has 0 saturated carbocycles. The molecule has 1 N–H and O–H groups in total. The summed E-state index contributed by atoms with van der Waals surface area (Å²) in [5.41, 5.74) is 2.71. The van der Waals surface area contributed by atoms with Crippen molar-refractivity contribution in [2.45, 2.75) is 75.1 Å². The number of aromatic nitrogens is 3. The first kappa shape index (κ1) is 27.7. The normalized spacial score (nSPS) is 27.8. The summed E-state index contributed by atoms with van der Waals surface area (Å²) >= 11 is 0. The number of hydrogen-bond acceptors (Lipinski definition) is 8. The van der Waals surface area contributed by atoms with Gasteiger partial charge < -0.3 is 19.5 Å². The summed E-state index contributed by atoms with van der Waals surface area (Å²) in [6, 6.07) is 7.54. The van der Waals surface area contributed by atoms with Crippen molar-refractivity contribution in [3.63, 3.8) is 0 Å². The molecule has 2 aromatic heterocycles. The van der Waals surface area contributed by atoms with Gasteiger partial charge in [0.2, 0.25) is 0 Å². The Balaban J connectivity index is 1.18. The van der Waals surface area contributed by atoms with E-state index in [1.807, 2.05) is 6.07 Å². The molecular weight excluding hydrogens is 576 g/mol. The number of aryl methyl sites for hydroxylation is 2. The highest BCUT2D eigenvalue weighted by Gasteiger charge is 2.49. The van der Waals surface area contributed by atoms with E-state index in [4.69, 9.17) is 19.4 Å². The molecule has 4 fully saturated rings. The molecule has 4 saturated heterocycles. The molecule has 9 rings (SSSR count). The second-order valence-electron chi connectivity index (χ2n) is 13.8. The smallest absolute Gasteiger partial charge is 0.319 e. The van der Waals surface area contributed by atoms with Gasteiger partial charge in [-0.25, -0.2) is 8.78 Å². The van der Waals surface area contributed by atoms with Crippen molar-refractivity contribution < 1.29 is 23.4 Å². The highest BCUT2D eigenvalue weighted by molar-refractivity contribution is 6.02. The van der Waals surface area contributed by atoms with Crippen LogP contribution < -0.4 is 9.64 Å². The van der Waals surface area contributed by atoms with Crippen LogP contribution in [0.4, 0.5) is 14.6 Å². The zero-order valence-electron chi connectivity index (χ0n) is 25.3. The molecule has 0 radical (unpaired) electrons. The van der Waals surface area contributed by atoms with Gasteiger partial charge in [-0.2, -0.15) is 9.97 Å². The molecule has 0 amide bonds. The number of pyridine rings is 1. The molecule has 2 aromatic carbocycles. The summed E-state index contributed by atoms with van der Waals surface area (Å²) in [5, 5.41) is 13.0. The number of aromatic hydroxyl groups is 1. The van der Waals surface area contributed by atoms with Crippen LogP contribution in [0.5, 0.6) is 11.8 Å². The van der Waals surface area contributed by atoms with Crippen LogP contribution in [-0.4, -0.2) is 81.7 Å². The van der Waals surface area contributed by atoms with Crippen LogP contribution in [0.15, 0.2) is 30.5 Å². The molecular formula is C35H37F2N5O3. The number of halogens is 2. The maximum atomic E-state index is 16.9. The molecule has 1 spiro atoms. The summed E-state index contributed by atoms with van der Waals surface area (Å²) in [4.78, 5) is 18.6. The van der Waals surface area contributed by atoms with Gasteiger partial charge in [-0.1, -0.05) is 12.1 Å². The number of rotatable bonds is 5. The summed E-state index contributed by atoms with van der Waals surface area (Å²) in [5.74, 6) is 0.0755. The Morgan fingerprint density at radius 3 is 2.82 bits per heavy atom. The van der Waals surface area contributed by atoms with Gasteiger partial charge in [0.15, 0.2) is 5.82 Å².